The van der Waals surface area contributed by atoms with Crippen molar-refractivity contribution in [3.63, 3.8) is 0 Å². The van der Waals surface area contributed by atoms with E-state index in [1.165, 1.54) is 49.5 Å². The molecule has 0 bridgehead atoms. The second-order valence-corrected chi connectivity index (χ2v) is 8.13. The Morgan fingerprint density at radius 2 is 1.72 bits per heavy atom. The number of ether oxygens (including phenoxy) is 2. The maximum atomic E-state index is 5.81. The summed E-state index contributed by atoms with van der Waals surface area (Å²) in [5, 5.41) is 8.33. The lowest BCUT2D eigenvalue weighted by atomic mass is 9.96. The van der Waals surface area contributed by atoms with Crippen LogP contribution in [0.25, 0.3) is 0 Å². The van der Waals surface area contributed by atoms with Gasteiger partial charge in [-0.15, -0.1) is 5.10 Å². The summed E-state index contributed by atoms with van der Waals surface area (Å²) in [6.45, 7) is 9.58. The van der Waals surface area contributed by atoms with Gasteiger partial charge in [0.1, 0.15) is 25.2 Å². The molecule has 0 radical (unpaired) electrons. The molecule has 2 rings (SSSR count). The molecule has 0 atom stereocenters. The van der Waals surface area contributed by atoms with Crippen LogP contribution < -0.4 is 9.47 Å². The smallest absolute Gasteiger partial charge is 0.233 e. The van der Waals surface area contributed by atoms with E-state index in [1.54, 1.807) is 4.68 Å². The van der Waals surface area contributed by atoms with Crippen LogP contribution in [-0.4, -0.2) is 35.8 Å². The fraction of sp³-hybridized carbons (Fsp3) is 0.538. The van der Waals surface area contributed by atoms with Gasteiger partial charge in [-0.2, -0.15) is 0 Å². The average molecular weight is 442 g/mol. The lowest BCUT2D eigenvalue weighted by Gasteiger charge is -2.13. The van der Waals surface area contributed by atoms with Crippen LogP contribution in [0, 0.1) is 13.8 Å². The van der Waals surface area contributed by atoms with Gasteiger partial charge < -0.3 is 14.3 Å². The quantitative estimate of drug-likeness (QED) is 0.158. The third kappa shape index (κ3) is 8.06. The van der Waals surface area contributed by atoms with E-state index in [0.29, 0.717) is 19.1 Å². The highest BCUT2D eigenvalue weighted by Gasteiger charge is 2.09. The van der Waals surface area contributed by atoms with Crippen LogP contribution in [0.2, 0.25) is 0 Å². The van der Waals surface area contributed by atoms with E-state index in [2.05, 4.69) is 36.2 Å². The Morgan fingerprint density at radius 1 is 1.03 bits per heavy atom. The SMILES string of the molecule is C/C=C/COc1cc(C)c(CCCCCCCOc2cc(C(C)=NOC)n(C)n2)c(C)c1. The van der Waals surface area contributed by atoms with Gasteiger partial charge in [-0.1, -0.05) is 36.6 Å². The van der Waals surface area contributed by atoms with Crippen molar-refractivity contribution in [3.05, 3.63) is 52.7 Å². The van der Waals surface area contributed by atoms with Crippen LogP contribution in [0.3, 0.4) is 0 Å². The molecule has 1 aromatic carbocycles. The lowest BCUT2D eigenvalue weighted by molar-refractivity contribution is 0.213. The number of unbranched alkanes of at least 4 members (excludes halogenated alkanes) is 4. The van der Waals surface area contributed by atoms with Crippen molar-refractivity contribution < 1.29 is 14.3 Å². The van der Waals surface area contributed by atoms with Gasteiger partial charge in [-0.25, -0.2) is 0 Å². The number of aryl methyl sites for hydroxylation is 3. The molecule has 0 aliphatic heterocycles. The van der Waals surface area contributed by atoms with E-state index in [9.17, 15) is 0 Å². The van der Waals surface area contributed by atoms with Crippen molar-refractivity contribution in [2.45, 2.75) is 66.2 Å². The number of hydrogen-bond acceptors (Lipinski definition) is 5. The molecule has 0 saturated heterocycles. The number of nitrogens with zero attached hydrogens (tertiary/aromatic N) is 3. The fourth-order valence-electron chi connectivity index (χ4n) is 3.82. The summed E-state index contributed by atoms with van der Waals surface area (Å²) >= 11 is 0. The lowest BCUT2D eigenvalue weighted by Crippen LogP contribution is -2.04. The zero-order chi connectivity index (χ0) is 23.3. The maximum absolute atomic E-state index is 5.81. The van der Waals surface area contributed by atoms with E-state index in [0.717, 1.165) is 30.0 Å². The maximum Gasteiger partial charge on any atom is 0.233 e. The molecule has 32 heavy (non-hydrogen) atoms. The van der Waals surface area contributed by atoms with E-state index >= 15 is 0 Å². The van der Waals surface area contributed by atoms with Crippen LogP contribution in [0.5, 0.6) is 11.6 Å². The molecule has 0 fully saturated rings. The molecule has 1 heterocycles. The number of allylic oxidation sites excluding steroid dienone is 1. The Kier molecular flexibility index (Phi) is 10.8. The monoisotopic (exact) mass is 441 g/mol. The first-order valence-electron chi connectivity index (χ1n) is 11.5. The van der Waals surface area contributed by atoms with Gasteiger partial charge in [0.2, 0.25) is 5.88 Å². The molecule has 0 aliphatic carbocycles. The second-order valence-electron chi connectivity index (χ2n) is 8.13. The fourth-order valence-corrected chi connectivity index (χ4v) is 3.82. The molecule has 176 valence electrons. The Bertz CT molecular complexity index is 877. The first-order chi connectivity index (χ1) is 15.5. The number of rotatable bonds is 14. The van der Waals surface area contributed by atoms with Crippen molar-refractivity contribution in [3.8, 4) is 11.6 Å². The summed E-state index contributed by atoms with van der Waals surface area (Å²) in [7, 11) is 3.42. The normalized spacial score (nSPS) is 11.9. The Morgan fingerprint density at radius 3 is 2.41 bits per heavy atom. The van der Waals surface area contributed by atoms with E-state index in [1.807, 2.05) is 39.1 Å². The number of oxime groups is 1. The van der Waals surface area contributed by atoms with Gasteiger partial charge in [0.15, 0.2) is 0 Å². The van der Waals surface area contributed by atoms with Crippen LogP contribution >= 0.6 is 0 Å². The van der Waals surface area contributed by atoms with Crippen LogP contribution in [-0.2, 0) is 18.3 Å². The Hall–Kier alpha value is -2.76. The molecule has 0 unspecified atom stereocenters. The molecule has 0 N–H and O–H groups in total. The van der Waals surface area contributed by atoms with Crippen molar-refractivity contribution in [2.75, 3.05) is 20.3 Å². The summed E-state index contributed by atoms with van der Waals surface area (Å²) in [4.78, 5) is 4.83. The molecule has 1 aromatic heterocycles. The zero-order valence-corrected chi connectivity index (χ0v) is 20.6. The third-order valence-electron chi connectivity index (χ3n) is 5.53. The zero-order valence-electron chi connectivity index (χ0n) is 20.6. The van der Waals surface area contributed by atoms with Crippen molar-refractivity contribution in [1.29, 1.82) is 0 Å². The molecule has 0 saturated carbocycles. The number of benzene rings is 1. The summed E-state index contributed by atoms with van der Waals surface area (Å²) < 4.78 is 13.4. The van der Waals surface area contributed by atoms with Crippen LogP contribution in [0.4, 0.5) is 0 Å². The largest absolute Gasteiger partial charge is 0.490 e. The van der Waals surface area contributed by atoms with E-state index < -0.39 is 0 Å². The number of hydrogen-bond donors (Lipinski definition) is 0. The summed E-state index contributed by atoms with van der Waals surface area (Å²) in [6, 6.07) is 6.23. The average Bonchev–Trinajstić information content (AvgIpc) is 3.12. The predicted molar refractivity (Wildman–Crippen MR) is 131 cm³/mol. The molecule has 0 spiro atoms. The predicted octanol–water partition coefficient (Wildman–Crippen LogP) is 5.93. The van der Waals surface area contributed by atoms with Gasteiger partial charge in [-0.3, -0.25) is 4.68 Å². The minimum Gasteiger partial charge on any atom is -0.490 e. The standard InChI is InChI=1S/C26H39N3O3/c1-7-8-15-31-23-17-20(2)24(21(3)18-23)14-12-10-9-11-13-16-32-26-19-25(29(5)27-26)22(4)28-30-6/h7-8,17-19H,9-16H2,1-6H3/b8-7+,28-22?. The van der Waals surface area contributed by atoms with E-state index in [4.69, 9.17) is 14.3 Å². The summed E-state index contributed by atoms with van der Waals surface area (Å²) in [5.41, 5.74) is 5.79. The van der Waals surface area contributed by atoms with Gasteiger partial charge >= 0.3 is 0 Å². The molecule has 2 aromatic rings. The van der Waals surface area contributed by atoms with Gasteiger partial charge in [0.25, 0.3) is 0 Å². The topological polar surface area (TPSA) is 57.9 Å². The molecule has 6 heteroatoms. The molecule has 0 amide bonds. The third-order valence-corrected chi connectivity index (χ3v) is 5.53. The van der Waals surface area contributed by atoms with Crippen molar-refractivity contribution >= 4 is 5.71 Å². The molecule has 6 nitrogen and oxygen atoms in total. The summed E-state index contributed by atoms with van der Waals surface area (Å²) in [5.74, 6) is 1.60. The Labute approximate surface area is 193 Å². The second kappa shape index (κ2) is 13.6. The van der Waals surface area contributed by atoms with Crippen LogP contribution in [0.1, 0.15) is 68.3 Å². The number of aromatic nitrogens is 2. The molecular weight excluding hydrogens is 402 g/mol. The first-order valence-corrected chi connectivity index (χ1v) is 11.5. The van der Waals surface area contributed by atoms with Gasteiger partial charge in [0.05, 0.1) is 12.3 Å². The van der Waals surface area contributed by atoms with Crippen molar-refractivity contribution in [1.82, 2.24) is 9.78 Å². The van der Waals surface area contributed by atoms with Gasteiger partial charge in [0, 0.05) is 13.1 Å². The Balaban J connectivity index is 1.65. The highest BCUT2D eigenvalue weighted by molar-refractivity contribution is 5.97. The van der Waals surface area contributed by atoms with Gasteiger partial charge in [-0.05, 0) is 75.8 Å². The molecular formula is C26H39N3O3. The summed E-state index contributed by atoms with van der Waals surface area (Å²) in [6.07, 6.45) is 11.0. The van der Waals surface area contributed by atoms with Crippen LogP contribution in [0.15, 0.2) is 35.5 Å². The minimum atomic E-state index is 0.627. The molecule has 0 aliphatic rings. The first kappa shape index (κ1) is 25.5. The highest BCUT2D eigenvalue weighted by Crippen LogP contribution is 2.24. The minimum absolute atomic E-state index is 0.627. The van der Waals surface area contributed by atoms with Crippen molar-refractivity contribution in [2.24, 2.45) is 12.2 Å². The van der Waals surface area contributed by atoms with E-state index in [-0.39, 0.29) is 0 Å². The highest BCUT2D eigenvalue weighted by atomic mass is 16.6.